The van der Waals surface area contributed by atoms with E-state index < -0.39 is 11.7 Å². The van der Waals surface area contributed by atoms with Crippen molar-refractivity contribution in [1.82, 2.24) is 19.3 Å². The predicted octanol–water partition coefficient (Wildman–Crippen LogP) is 4.85. The van der Waals surface area contributed by atoms with Crippen LogP contribution >= 0.6 is 11.5 Å². The predicted molar refractivity (Wildman–Crippen MR) is 98.6 cm³/mol. The van der Waals surface area contributed by atoms with Gasteiger partial charge in [-0.3, -0.25) is 0 Å². The van der Waals surface area contributed by atoms with Crippen molar-refractivity contribution in [1.29, 1.82) is 0 Å². The number of anilines is 2. The third-order valence-electron chi connectivity index (χ3n) is 4.23. The van der Waals surface area contributed by atoms with Crippen LogP contribution in [0.3, 0.4) is 0 Å². The molecular formula is C18H16F3N5OS. The number of nitrogens with zero attached hydrogens (tertiary/aromatic N) is 4. The Balaban J connectivity index is 1.58. The molecule has 1 aliphatic carbocycles. The second-order valence-corrected chi connectivity index (χ2v) is 7.29. The lowest BCUT2D eigenvalue weighted by Crippen LogP contribution is -2.11. The quantitative estimate of drug-likeness (QED) is 0.629. The van der Waals surface area contributed by atoms with Gasteiger partial charge in [0, 0.05) is 17.7 Å². The van der Waals surface area contributed by atoms with Gasteiger partial charge in [0.05, 0.1) is 12.8 Å². The van der Waals surface area contributed by atoms with Gasteiger partial charge in [-0.2, -0.15) is 22.5 Å². The van der Waals surface area contributed by atoms with E-state index in [0.717, 1.165) is 42.2 Å². The number of aromatic nitrogens is 4. The third kappa shape index (κ3) is 4.22. The van der Waals surface area contributed by atoms with Crippen molar-refractivity contribution >= 4 is 22.5 Å². The first-order chi connectivity index (χ1) is 13.4. The number of rotatable bonds is 6. The maximum atomic E-state index is 13.5. The Labute approximate surface area is 163 Å². The highest BCUT2D eigenvalue weighted by Crippen LogP contribution is 2.39. The van der Waals surface area contributed by atoms with Crippen LogP contribution in [-0.4, -0.2) is 25.9 Å². The Morgan fingerprint density at radius 3 is 2.82 bits per heavy atom. The molecule has 0 aliphatic heterocycles. The van der Waals surface area contributed by atoms with E-state index in [1.54, 1.807) is 6.20 Å². The maximum Gasteiger partial charge on any atom is 0.420 e. The molecular weight excluding hydrogens is 391 g/mol. The summed E-state index contributed by atoms with van der Waals surface area (Å²) in [6.45, 7) is 2.16. The van der Waals surface area contributed by atoms with Gasteiger partial charge < -0.3 is 10.1 Å². The molecule has 10 heteroatoms. The van der Waals surface area contributed by atoms with E-state index in [4.69, 9.17) is 4.74 Å². The lowest BCUT2D eigenvalue weighted by Gasteiger charge is -2.14. The largest absolute Gasteiger partial charge is 0.491 e. The molecule has 146 valence electrons. The van der Waals surface area contributed by atoms with Crippen LogP contribution in [0, 0.1) is 12.8 Å². The molecule has 0 atom stereocenters. The van der Waals surface area contributed by atoms with Crippen LogP contribution < -0.4 is 10.1 Å². The zero-order valence-corrected chi connectivity index (χ0v) is 15.6. The summed E-state index contributed by atoms with van der Waals surface area (Å²) < 4.78 is 49.8. The second kappa shape index (κ2) is 7.34. The van der Waals surface area contributed by atoms with E-state index in [0.29, 0.717) is 16.9 Å². The Kier molecular flexibility index (Phi) is 4.88. The lowest BCUT2D eigenvalue weighted by atomic mass is 10.2. The van der Waals surface area contributed by atoms with Gasteiger partial charge in [0.15, 0.2) is 5.82 Å². The summed E-state index contributed by atoms with van der Waals surface area (Å²) in [6, 6.07) is 4.62. The summed E-state index contributed by atoms with van der Waals surface area (Å²) in [4.78, 5) is 12.5. The lowest BCUT2D eigenvalue weighted by molar-refractivity contribution is -0.139. The molecule has 28 heavy (non-hydrogen) atoms. The topological polar surface area (TPSA) is 72.8 Å². The van der Waals surface area contributed by atoms with Gasteiger partial charge in [-0.05, 0) is 43.4 Å². The smallest absolute Gasteiger partial charge is 0.420 e. The first-order valence-electron chi connectivity index (χ1n) is 8.63. The summed E-state index contributed by atoms with van der Waals surface area (Å²) in [5.74, 6) is 0.795. The van der Waals surface area contributed by atoms with Gasteiger partial charge >= 0.3 is 6.18 Å². The van der Waals surface area contributed by atoms with Gasteiger partial charge in [-0.15, -0.1) is 0 Å². The summed E-state index contributed by atoms with van der Waals surface area (Å²) in [7, 11) is 0. The third-order valence-corrected chi connectivity index (χ3v) is 4.86. The van der Waals surface area contributed by atoms with E-state index in [2.05, 4.69) is 24.6 Å². The fourth-order valence-corrected chi connectivity index (χ4v) is 3.07. The van der Waals surface area contributed by atoms with Crippen LogP contribution in [0.1, 0.15) is 24.0 Å². The molecule has 3 heterocycles. The van der Waals surface area contributed by atoms with Crippen molar-refractivity contribution in [2.24, 2.45) is 5.92 Å². The zero-order valence-electron chi connectivity index (χ0n) is 14.8. The molecule has 4 rings (SSSR count). The van der Waals surface area contributed by atoms with Crippen molar-refractivity contribution in [2.75, 3.05) is 11.9 Å². The van der Waals surface area contributed by atoms with E-state index in [1.165, 1.54) is 0 Å². The van der Waals surface area contributed by atoms with E-state index in [9.17, 15) is 13.2 Å². The van der Waals surface area contributed by atoms with Crippen molar-refractivity contribution in [3.63, 3.8) is 0 Å². The highest BCUT2D eigenvalue weighted by molar-refractivity contribution is 7.09. The highest BCUT2D eigenvalue weighted by atomic mass is 32.1. The van der Waals surface area contributed by atoms with Crippen molar-refractivity contribution < 1.29 is 17.9 Å². The first-order valence-corrected chi connectivity index (χ1v) is 9.40. The van der Waals surface area contributed by atoms with Gasteiger partial charge in [-0.1, -0.05) is 6.07 Å². The number of hydrogen-bond acceptors (Lipinski definition) is 7. The standard InChI is InChI=1S/C18H16F3N5OS/c1-10-3-2-6-22-15(10)24-17-25-16(26-28-17)13-7-12(18(19,20)21)14(8-23-13)27-9-11-4-5-11/h2-3,6-8,11H,4-5,9H2,1H3,(H,22,24,25,26). The monoisotopic (exact) mass is 407 g/mol. The molecule has 0 unspecified atom stereocenters. The summed E-state index contributed by atoms with van der Waals surface area (Å²) in [5.41, 5.74) is 0.0741. The van der Waals surface area contributed by atoms with Crippen LogP contribution in [0.2, 0.25) is 0 Å². The molecule has 1 aliphatic rings. The molecule has 3 aromatic rings. The van der Waals surface area contributed by atoms with Gasteiger partial charge in [0.25, 0.3) is 0 Å². The van der Waals surface area contributed by atoms with Gasteiger partial charge in [-0.25, -0.2) is 9.97 Å². The normalized spacial score (nSPS) is 14.1. The molecule has 0 saturated heterocycles. The minimum Gasteiger partial charge on any atom is -0.491 e. The van der Waals surface area contributed by atoms with Crippen LogP contribution in [-0.2, 0) is 6.18 Å². The van der Waals surface area contributed by atoms with Crippen molar-refractivity contribution in [3.05, 3.63) is 41.7 Å². The molecule has 1 N–H and O–H groups in total. The van der Waals surface area contributed by atoms with Crippen molar-refractivity contribution in [3.8, 4) is 17.3 Å². The number of nitrogens with one attached hydrogen (secondary N) is 1. The molecule has 0 amide bonds. The number of halogens is 3. The molecule has 0 spiro atoms. The average Bonchev–Trinajstić information content (AvgIpc) is 3.38. The Morgan fingerprint density at radius 1 is 1.29 bits per heavy atom. The first kappa shape index (κ1) is 18.6. The Morgan fingerprint density at radius 2 is 2.11 bits per heavy atom. The SMILES string of the molecule is Cc1cccnc1Nc1nc(-c2cc(C(F)(F)F)c(OCC3CC3)cn2)ns1. The molecule has 1 fully saturated rings. The van der Waals surface area contributed by atoms with Crippen LogP contribution in [0.5, 0.6) is 5.75 Å². The maximum absolute atomic E-state index is 13.5. The Hall–Kier alpha value is -2.75. The minimum absolute atomic E-state index is 0.0353. The number of hydrogen-bond donors (Lipinski definition) is 1. The van der Waals surface area contributed by atoms with Gasteiger partial charge in [0.2, 0.25) is 5.13 Å². The molecule has 0 bridgehead atoms. The summed E-state index contributed by atoms with van der Waals surface area (Å²) in [5, 5.41) is 3.44. The van der Waals surface area contributed by atoms with Gasteiger partial charge in [0.1, 0.15) is 22.8 Å². The summed E-state index contributed by atoms with van der Waals surface area (Å²) >= 11 is 1.02. The molecule has 0 radical (unpaired) electrons. The Bertz CT molecular complexity index is 987. The summed E-state index contributed by atoms with van der Waals surface area (Å²) in [6.07, 6.45) is 0.146. The van der Waals surface area contributed by atoms with E-state index in [-0.39, 0.29) is 23.9 Å². The van der Waals surface area contributed by atoms with Crippen molar-refractivity contribution in [2.45, 2.75) is 25.9 Å². The van der Waals surface area contributed by atoms with Crippen LogP contribution in [0.15, 0.2) is 30.6 Å². The minimum atomic E-state index is -4.56. The molecule has 0 aromatic carbocycles. The fourth-order valence-electron chi connectivity index (χ4n) is 2.49. The van der Waals surface area contributed by atoms with Crippen LogP contribution in [0.4, 0.5) is 24.1 Å². The zero-order chi connectivity index (χ0) is 19.7. The molecule has 1 saturated carbocycles. The number of pyridine rings is 2. The van der Waals surface area contributed by atoms with E-state index in [1.807, 2.05) is 19.1 Å². The average molecular weight is 407 g/mol. The number of ether oxygens (including phenoxy) is 1. The molecule has 6 nitrogen and oxygen atoms in total. The van der Waals surface area contributed by atoms with Crippen LogP contribution in [0.25, 0.3) is 11.5 Å². The molecule has 3 aromatic heterocycles. The fraction of sp³-hybridized carbons (Fsp3) is 0.333. The van der Waals surface area contributed by atoms with E-state index >= 15 is 0 Å². The second-order valence-electron chi connectivity index (χ2n) is 6.53. The number of aryl methyl sites for hydroxylation is 1. The highest BCUT2D eigenvalue weighted by Gasteiger charge is 2.36. The number of alkyl halides is 3.